The largest absolute Gasteiger partial charge is 0.325 e. The first-order valence-corrected chi connectivity index (χ1v) is 7.18. The Balaban J connectivity index is 1.99. The van der Waals surface area contributed by atoms with Crippen LogP contribution in [0.1, 0.15) is 32.6 Å². The minimum atomic E-state index is -0.739. The van der Waals surface area contributed by atoms with Crippen LogP contribution in [0.15, 0.2) is 18.2 Å². The van der Waals surface area contributed by atoms with Crippen molar-refractivity contribution in [3.63, 3.8) is 0 Å². The highest BCUT2D eigenvalue weighted by Crippen LogP contribution is 2.14. The van der Waals surface area contributed by atoms with Crippen molar-refractivity contribution < 1.29 is 18.5 Å². The first kappa shape index (κ1) is 14.9. The summed E-state index contributed by atoms with van der Waals surface area (Å²) in [5.74, 6) is -1.60. The number of nitrogens with one attached hydrogen (secondary N) is 2. The Morgan fingerprint density at radius 2 is 1.85 bits per heavy atom. The van der Waals surface area contributed by atoms with E-state index in [9.17, 15) is 13.6 Å². The van der Waals surface area contributed by atoms with E-state index < -0.39 is 11.6 Å². The molecule has 1 fully saturated rings. The molecule has 0 aliphatic carbocycles. The van der Waals surface area contributed by atoms with Gasteiger partial charge in [-0.2, -0.15) is 0 Å². The smallest absolute Gasteiger partial charge is 0.282 e. The summed E-state index contributed by atoms with van der Waals surface area (Å²) in [5, 5.41) is 2.55. The third-order valence-electron chi connectivity index (χ3n) is 3.94. The van der Waals surface area contributed by atoms with Crippen LogP contribution >= 0.6 is 0 Å². The van der Waals surface area contributed by atoms with E-state index in [0.717, 1.165) is 38.1 Å². The molecule has 1 aromatic rings. The average molecular weight is 283 g/mol. The lowest BCUT2D eigenvalue weighted by atomic mass is 10.2. The molecule has 1 aliphatic heterocycles. The van der Waals surface area contributed by atoms with Gasteiger partial charge >= 0.3 is 0 Å². The maximum Gasteiger partial charge on any atom is 0.282 e. The summed E-state index contributed by atoms with van der Waals surface area (Å²) in [4.78, 5) is 13.4. The number of benzene rings is 1. The number of likely N-dealkylation sites (tertiary alicyclic amines) is 1. The van der Waals surface area contributed by atoms with E-state index in [1.807, 2.05) is 6.92 Å². The lowest BCUT2D eigenvalue weighted by molar-refractivity contribution is -0.913. The van der Waals surface area contributed by atoms with Crippen LogP contribution in [0, 0.1) is 11.6 Å². The number of carbonyl (C=O) groups excluding carboxylic acids is 1. The zero-order valence-corrected chi connectivity index (χ0v) is 11.7. The Morgan fingerprint density at radius 3 is 2.45 bits per heavy atom. The first-order valence-electron chi connectivity index (χ1n) is 7.18. The van der Waals surface area contributed by atoms with Crippen molar-refractivity contribution in [2.45, 2.75) is 38.6 Å². The summed E-state index contributed by atoms with van der Waals surface area (Å²) in [6.07, 6.45) is 4.67. The van der Waals surface area contributed by atoms with Gasteiger partial charge in [0.1, 0.15) is 11.6 Å². The van der Waals surface area contributed by atoms with E-state index in [-0.39, 0.29) is 17.6 Å². The van der Waals surface area contributed by atoms with Gasteiger partial charge in [-0.25, -0.2) is 8.78 Å². The minimum Gasteiger partial charge on any atom is -0.325 e. The number of hydrogen-bond acceptors (Lipinski definition) is 1. The van der Waals surface area contributed by atoms with Crippen molar-refractivity contribution in [1.29, 1.82) is 0 Å². The van der Waals surface area contributed by atoms with Crippen LogP contribution in [0.4, 0.5) is 14.5 Å². The number of quaternary nitrogens is 1. The standard InChI is InChI=1S/C15H20F2N2O/c1-11(19-8-4-2-3-5-9-19)15(20)18-14-7-6-12(16)10-13(14)17/h6-7,10-11H,2-5,8-9H2,1H3,(H,18,20)/p+1/t11-/m0/s1. The van der Waals surface area contributed by atoms with Gasteiger partial charge < -0.3 is 10.2 Å². The molecule has 5 heteroatoms. The van der Waals surface area contributed by atoms with E-state index in [0.29, 0.717) is 0 Å². The number of anilines is 1. The fourth-order valence-electron chi connectivity index (χ4n) is 2.63. The number of amides is 1. The van der Waals surface area contributed by atoms with Crippen LogP contribution in [-0.2, 0) is 4.79 Å². The van der Waals surface area contributed by atoms with Crippen molar-refractivity contribution in [1.82, 2.24) is 0 Å². The summed E-state index contributed by atoms with van der Waals surface area (Å²) in [6.45, 7) is 3.80. The fraction of sp³-hybridized carbons (Fsp3) is 0.533. The Hall–Kier alpha value is -1.49. The third kappa shape index (κ3) is 3.76. The number of hydrogen-bond donors (Lipinski definition) is 2. The molecule has 2 N–H and O–H groups in total. The van der Waals surface area contributed by atoms with Gasteiger partial charge in [-0.3, -0.25) is 4.79 Å². The molecule has 110 valence electrons. The molecule has 0 spiro atoms. The second-order valence-electron chi connectivity index (χ2n) is 5.41. The average Bonchev–Trinajstić information content (AvgIpc) is 2.70. The SMILES string of the molecule is C[C@@H](C(=O)Nc1ccc(F)cc1F)[NH+]1CCCCCC1. The van der Waals surface area contributed by atoms with Gasteiger partial charge in [0, 0.05) is 6.07 Å². The van der Waals surface area contributed by atoms with E-state index in [1.165, 1.54) is 23.8 Å². The van der Waals surface area contributed by atoms with Gasteiger partial charge in [0.05, 0.1) is 18.8 Å². The lowest BCUT2D eigenvalue weighted by Gasteiger charge is -2.23. The maximum absolute atomic E-state index is 13.5. The lowest BCUT2D eigenvalue weighted by Crippen LogP contribution is -3.16. The molecule has 0 unspecified atom stereocenters. The van der Waals surface area contributed by atoms with Crippen LogP contribution in [0.25, 0.3) is 0 Å². The van der Waals surface area contributed by atoms with Gasteiger partial charge in [0.15, 0.2) is 6.04 Å². The Labute approximate surface area is 118 Å². The van der Waals surface area contributed by atoms with Crippen molar-refractivity contribution in [2.75, 3.05) is 18.4 Å². The van der Waals surface area contributed by atoms with Crippen molar-refractivity contribution in [3.05, 3.63) is 29.8 Å². The highest BCUT2D eigenvalue weighted by Gasteiger charge is 2.26. The fourth-order valence-corrected chi connectivity index (χ4v) is 2.63. The predicted molar refractivity (Wildman–Crippen MR) is 73.6 cm³/mol. The summed E-state index contributed by atoms with van der Waals surface area (Å²) >= 11 is 0. The minimum absolute atomic E-state index is 0.0393. The molecule has 0 aromatic heterocycles. The van der Waals surface area contributed by atoms with Crippen molar-refractivity contribution in [2.24, 2.45) is 0 Å². The number of carbonyl (C=O) groups is 1. The molecule has 1 atom stereocenters. The van der Waals surface area contributed by atoms with Crippen LogP contribution in [-0.4, -0.2) is 25.0 Å². The molecule has 0 bridgehead atoms. The van der Waals surface area contributed by atoms with Gasteiger partial charge in [-0.1, -0.05) is 0 Å². The number of rotatable bonds is 3. The molecule has 3 nitrogen and oxygen atoms in total. The molecular weight excluding hydrogens is 262 g/mol. The quantitative estimate of drug-likeness (QED) is 0.870. The third-order valence-corrected chi connectivity index (χ3v) is 3.94. The summed E-state index contributed by atoms with van der Waals surface area (Å²) < 4.78 is 26.3. The van der Waals surface area contributed by atoms with E-state index in [4.69, 9.17) is 0 Å². The Kier molecular flexibility index (Phi) is 5.06. The molecule has 0 saturated carbocycles. The van der Waals surface area contributed by atoms with Gasteiger partial charge in [0.2, 0.25) is 0 Å². The Bertz CT molecular complexity index is 471. The van der Waals surface area contributed by atoms with E-state index in [1.54, 1.807) is 0 Å². The van der Waals surface area contributed by atoms with Gasteiger partial charge in [-0.05, 0) is 44.7 Å². The number of halogens is 2. The van der Waals surface area contributed by atoms with Crippen LogP contribution in [0.5, 0.6) is 0 Å². The molecule has 1 aliphatic rings. The van der Waals surface area contributed by atoms with Gasteiger partial charge in [0.25, 0.3) is 5.91 Å². The molecular formula is C15H21F2N2O+. The Morgan fingerprint density at radius 1 is 1.20 bits per heavy atom. The van der Waals surface area contributed by atoms with E-state index >= 15 is 0 Å². The predicted octanol–water partition coefficient (Wildman–Crippen LogP) is 1.75. The highest BCUT2D eigenvalue weighted by molar-refractivity contribution is 5.93. The summed E-state index contributed by atoms with van der Waals surface area (Å²) in [5.41, 5.74) is 0.0393. The van der Waals surface area contributed by atoms with Crippen molar-refractivity contribution >= 4 is 11.6 Å². The second-order valence-corrected chi connectivity index (χ2v) is 5.41. The topological polar surface area (TPSA) is 33.5 Å². The highest BCUT2D eigenvalue weighted by atomic mass is 19.1. The second kappa shape index (κ2) is 6.79. The van der Waals surface area contributed by atoms with Crippen LogP contribution in [0.3, 0.4) is 0 Å². The first-order chi connectivity index (χ1) is 9.58. The summed E-state index contributed by atoms with van der Waals surface area (Å²) in [7, 11) is 0. The molecule has 1 heterocycles. The normalized spacial score (nSPS) is 18.4. The zero-order chi connectivity index (χ0) is 14.5. The molecule has 1 aromatic carbocycles. The molecule has 0 radical (unpaired) electrons. The molecule has 20 heavy (non-hydrogen) atoms. The monoisotopic (exact) mass is 283 g/mol. The van der Waals surface area contributed by atoms with Gasteiger partial charge in [-0.15, -0.1) is 0 Å². The van der Waals surface area contributed by atoms with Crippen molar-refractivity contribution in [3.8, 4) is 0 Å². The van der Waals surface area contributed by atoms with Crippen LogP contribution in [0.2, 0.25) is 0 Å². The molecule has 1 amide bonds. The van der Waals surface area contributed by atoms with Crippen LogP contribution < -0.4 is 10.2 Å². The van der Waals surface area contributed by atoms with E-state index in [2.05, 4.69) is 5.32 Å². The maximum atomic E-state index is 13.5. The zero-order valence-electron chi connectivity index (χ0n) is 11.7. The molecule has 1 saturated heterocycles. The summed E-state index contributed by atoms with van der Waals surface area (Å²) in [6, 6.07) is 2.95. The molecule has 2 rings (SSSR count).